The van der Waals surface area contributed by atoms with Crippen LogP contribution in [-0.4, -0.2) is 46.4 Å². The van der Waals surface area contributed by atoms with Crippen molar-refractivity contribution in [3.8, 4) is 0 Å². The Morgan fingerprint density at radius 1 is 1.26 bits per heavy atom. The first kappa shape index (κ1) is 21.8. The summed E-state index contributed by atoms with van der Waals surface area (Å²) in [6, 6.07) is 3.98. The number of rotatable bonds is 11. The summed E-state index contributed by atoms with van der Waals surface area (Å²) < 4.78 is 26.1. The van der Waals surface area contributed by atoms with E-state index >= 15 is 0 Å². The zero-order chi connectivity index (χ0) is 20.0. The van der Waals surface area contributed by atoms with Crippen LogP contribution in [0.5, 0.6) is 0 Å². The Labute approximate surface area is 157 Å². The van der Waals surface area contributed by atoms with E-state index in [-0.39, 0.29) is 18.3 Å². The lowest BCUT2D eigenvalue weighted by Crippen LogP contribution is -2.61. The lowest BCUT2D eigenvalue weighted by atomic mass is 9.66. The van der Waals surface area contributed by atoms with Crippen LogP contribution in [0.2, 0.25) is 6.32 Å². The van der Waals surface area contributed by atoms with Gasteiger partial charge in [0.25, 0.3) is 0 Å². The number of benzene rings is 1. The summed E-state index contributed by atoms with van der Waals surface area (Å²) in [4.78, 5) is 11.6. The van der Waals surface area contributed by atoms with E-state index < -0.39 is 30.3 Å². The largest absolute Gasteiger partial charge is 0.480 e. The van der Waals surface area contributed by atoms with Crippen molar-refractivity contribution in [2.75, 3.05) is 6.54 Å². The van der Waals surface area contributed by atoms with Crippen molar-refractivity contribution < 1.29 is 28.7 Å². The maximum atomic E-state index is 13.2. The Morgan fingerprint density at radius 3 is 2.56 bits per heavy atom. The Hall–Kier alpha value is -1.55. The van der Waals surface area contributed by atoms with Gasteiger partial charge in [0.2, 0.25) is 0 Å². The Kier molecular flexibility index (Phi) is 7.73. The number of unbranched alkanes of at least 4 members (excludes halogenated alkanes) is 1. The zero-order valence-electron chi connectivity index (χ0n) is 15.2. The van der Waals surface area contributed by atoms with Crippen molar-refractivity contribution in [1.82, 2.24) is 5.32 Å². The predicted octanol–water partition coefficient (Wildman–Crippen LogP) is 1.30. The standard InChI is InChI=1S/C18H27BF2N2O4/c20-15-4-3-12(9-16(15)21)5-8-23-14-10-13(11-14)18(22,17(24)25)6-1-2-7-19(26)27/h3-4,9,13-14,23,26-27H,1-2,5-8,10-11,22H2,(H,24,25). The normalized spacial score (nSPS) is 21.4. The number of hydrogen-bond donors (Lipinski definition) is 5. The Bertz CT molecular complexity index is 644. The van der Waals surface area contributed by atoms with Gasteiger partial charge in [0, 0.05) is 6.04 Å². The number of hydrogen-bond acceptors (Lipinski definition) is 5. The minimum Gasteiger partial charge on any atom is -0.480 e. The smallest absolute Gasteiger partial charge is 0.451 e. The molecule has 1 unspecified atom stereocenters. The highest BCUT2D eigenvalue weighted by atomic mass is 19.2. The Morgan fingerprint density at radius 2 is 1.96 bits per heavy atom. The van der Waals surface area contributed by atoms with E-state index in [9.17, 15) is 18.7 Å². The Balaban J connectivity index is 1.73. The molecule has 6 nitrogen and oxygen atoms in total. The maximum absolute atomic E-state index is 13.2. The van der Waals surface area contributed by atoms with Gasteiger partial charge in [0.05, 0.1) is 0 Å². The molecule has 0 saturated heterocycles. The highest BCUT2D eigenvalue weighted by Gasteiger charge is 2.47. The minimum atomic E-state index is -1.38. The molecule has 0 heterocycles. The van der Waals surface area contributed by atoms with E-state index in [1.165, 1.54) is 6.07 Å². The SMILES string of the molecule is NC(CCCCB(O)O)(C(=O)O)C1CC(NCCc2ccc(F)c(F)c2)C1. The molecule has 1 fully saturated rings. The lowest BCUT2D eigenvalue weighted by molar-refractivity contribution is -0.148. The molecular weight excluding hydrogens is 357 g/mol. The molecule has 0 amide bonds. The van der Waals surface area contributed by atoms with Gasteiger partial charge in [-0.3, -0.25) is 4.79 Å². The predicted molar refractivity (Wildman–Crippen MR) is 98.0 cm³/mol. The van der Waals surface area contributed by atoms with Crippen LogP contribution in [0, 0.1) is 17.6 Å². The molecule has 0 aliphatic heterocycles. The van der Waals surface area contributed by atoms with Crippen LogP contribution in [0.4, 0.5) is 8.78 Å². The summed E-state index contributed by atoms with van der Waals surface area (Å²) in [5.74, 6) is -2.90. The molecule has 27 heavy (non-hydrogen) atoms. The fourth-order valence-electron chi connectivity index (χ4n) is 3.55. The first-order valence-electron chi connectivity index (χ1n) is 9.28. The van der Waals surface area contributed by atoms with Crippen LogP contribution in [0.15, 0.2) is 18.2 Å². The number of carboxylic acids is 1. The number of carboxylic acid groups (broad SMARTS) is 1. The summed E-state index contributed by atoms with van der Waals surface area (Å²) >= 11 is 0. The van der Waals surface area contributed by atoms with Crippen molar-refractivity contribution in [1.29, 1.82) is 0 Å². The van der Waals surface area contributed by atoms with Crippen LogP contribution in [0.3, 0.4) is 0 Å². The monoisotopic (exact) mass is 384 g/mol. The van der Waals surface area contributed by atoms with Gasteiger partial charge in [0.15, 0.2) is 11.6 Å². The minimum absolute atomic E-state index is 0.144. The second kappa shape index (κ2) is 9.59. The van der Waals surface area contributed by atoms with Crippen molar-refractivity contribution in [2.45, 2.75) is 56.4 Å². The van der Waals surface area contributed by atoms with Gasteiger partial charge in [0.1, 0.15) is 5.54 Å². The molecule has 1 aromatic carbocycles. The summed E-state index contributed by atoms with van der Waals surface area (Å²) in [5, 5.41) is 30.5. The van der Waals surface area contributed by atoms with E-state index in [1.807, 2.05) is 0 Å². The lowest BCUT2D eigenvalue weighted by Gasteiger charge is -2.45. The first-order chi connectivity index (χ1) is 12.7. The summed E-state index contributed by atoms with van der Waals surface area (Å²) in [5.41, 5.74) is 5.54. The molecule has 0 aromatic heterocycles. The van der Waals surface area contributed by atoms with Crippen molar-refractivity contribution >= 4 is 13.1 Å². The molecule has 1 atom stereocenters. The third-order valence-corrected chi connectivity index (χ3v) is 5.40. The summed E-state index contributed by atoms with van der Waals surface area (Å²) in [6.07, 6.45) is 3.36. The van der Waals surface area contributed by atoms with E-state index in [0.717, 1.165) is 6.07 Å². The van der Waals surface area contributed by atoms with E-state index in [2.05, 4.69) is 5.32 Å². The third-order valence-electron chi connectivity index (χ3n) is 5.40. The van der Waals surface area contributed by atoms with Crippen LogP contribution in [-0.2, 0) is 11.2 Å². The number of nitrogens with two attached hydrogens (primary N) is 1. The van der Waals surface area contributed by atoms with Gasteiger partial charge >= 0.3 is 13.1 Å². The average Bonchev–Trinajstić information content (AvgIpc) is 2.56. The number of nitrogens with one attached hydrogen (secondary N) is 1. The van der Waals surface area contributed by atoms with Gasteiger partial charge in [-0.1, -0.05) is 18.9 Å². The van der Waals surface area contributed by atoms with Gasteiger partial charge in [-0.25, -0.2) is 8.78 Å². The van der Waals surface area contributed by atoms with Crippen molar-refractivity contribution in [3.05, 3.63) is 35.4 Å². The van der Waals surface area contributed by atoms with Crippen LogP contribution >= 0.6 is 0 Å². The van der Waals surface area contributed by atoms with E-state index in [4.69, 9.17) is 15.8 Å². The zero-order valence-corrected chi connectivity index (χ0v) is 15.2. The van der Waals surface area contributed by atoms with Gasteiger partial charge in [-0.2, -0.15) is 0 Å². The molecule has 9 heteroatoms. The van der Waals surface area contributed by atoms with E-state index in [1.54, 1.807) is 6.07 Å². The van der Waals surface area contributed by atoms with E-state index in [0.29, 0.717) is 50.6 Å². The highest BCUT2D eigenvalue weighted by Crippen LogP contribution is 2.38. The van der Waals surface area contributed by atoms with Crippen LogP contribution in [0.1, 0.15) is 37.7 Å². The van der Waals surface area contributed by atoms with Crippen molar-refractivity contribution in [3.63, 3.8) is 0 Å². The molecular formula is C18H27BF2N2O4. The number of aliphatic carboxylic acids is 1. The molecule has 150 valence electrons. The fraction of sp³-hybridized carbons (Fsp3) is 0.611. The molecule has 1 aliphatic rings. The molecule has 1 saturated carbocycles. The molecule has 0 spiro atoms. The van der Waals surface area contributed by atoms with Gasteiger partial charge in [-0.15, -0.1) is 0 Å². The number of halogens is 2. The number of carbonyl (C=O) groups is 1. The molecule has 0 radical (unpaired) electrons. The topological polar surface area (TPSA) is 116 Å². The van der Waals surface area contributed by atoms with Gasteiger partial charge < -0.3 is 26.2 Å². The molecule has 1 aromatic rings. The third kappa shape index (κ3) is 5.97. The second-order valence-corrected chi connectivity index (χ2v) is 7.39. The molecule has 6 N–H and O–H groups in total. The van der Waals surface area contributed by atoms with Crippen LogP contribution < -0.4 is 11.1 Å². The highest BCUT2D eigenvalue weighted by molar-refractivity contribution is 6.40. The fourth-order valence-corrected chi connectivity index (χ4v) is 3.55. The summed E-state index contributed by atoms with van der Waals surface area (Å²) in [6.45, 7) is 0.585. The second-order valence-electron chi connectivity index (χ2n) is 7.39. The molecule has 2 rings (SSSR count). The van der Waals surface area contributed by atoms with Gasteiger partial charge in [-0.05, 0) is 62.2 Å². The average molecular weight is 384 g/mol. The first-order valence-corrected chi connectivity index (χ1v) is 9.28. The quantitative estimate of drug-likeness (QED) is 0.290. The molecule has 0 bridgehead atoms. The summed E-state index contributed by atoms with van der Waals surface area (Å²) in [7, 11) is -1.38. The van der Waals surface area contributed by atoms with Crippen molar-refractivity contribution in [2.24, 2.45) is 11.7 Å². The van der Waals surface area contributed by atoms with Crippen LogP contribution in [0.25, 0.3) is 0 Å². The maximum Gasteiger partial charge on any atom is 0.451 e. The molecule has 1 aliphatic carbocycles.